The number of ether oxygens (including phenoxy) is 2. The third-order valence-electron chi connectivity index (χ3n) is 6.53. The molecule has 0 saturated carbocycles. The molecule has 1 aliphatic carbocycles. The maximum Gasteiger partial charge on any atom is 0.339 e. The van der Waals surface area contributed by atoms with Crippen molar-refractivity contribution in [2.45, 2.75) is 77.8 Å². The van der Waals surface area contributed by atoms with E-state index in [1.807, 2.05) is 6.92 Å². The Kier molecular flexibility index (Phi) is 4.86. The van der Waals surface area contributed by atoms with E-state index in [4.69, 9.17) is 9.47 Å². The van der Waals surface area contributed by atoms with Gasteiger partial charge in [-0.05, 0) is 57.3 Å². The molecule has 0 spiro atoms. The van der Waals surface area contributed by atoms with Crippen LogP contribution in [-0.4, -0.2) is 40.8 Å². The third kappa shape index (κ3) is 3.18. The van der Waals surface area contributed by atoms with Crippen LogP contribution < -0.4 is 0 Å². The Morgan fingerprint density at radius 3 is 2.72 bits per heavy atom. The Balaban J connectivity index is 2.11. The molecule has 0 saturated heterocycles. The van der Waals surface area contributed by atoms with Crippen LogP contribution in [0, 0.1) is 11.3 Å². The van der Waals surface area contributed by atoms with Crippen molar-refractivity contribution in [1.82, 2.24) is 0 Å². The molecular weight excluding hydrogens is 320 g/mol. The highest BCUT2D eigenvalue weighted by molar-refractivity contribution is 5.94. The fourth-order valence-corrected chi connectivity index (χ4v) is 4.52. The monoisotopic (exact) mass is 350 g/mol. The van der Waals surface area contributed by atoms with Crippen molar-refractivity contribution in [3.63, 3.8) is 0 Å². The highest BCUT2D eigenvalue weighted by atomic mass is 16.6. The molecule has 3 heterocycles. The molecule has 4 rings (SSSR count). The van der Waals surface area contributed by atoms with Crippen LogP contribution >= 0.6 is 0 Å². The summed E-state index contributed by atoms with van der Waals surface area (Å²) in [5.74, 6) is -0.245. The molecule has 0 aromatic carbocycles. The fraction of sp³-hybridized carbons (Fsp3) is 0.750. The topological polar surface area (TPSA) is 76.0 Å². The van der Waals surface area contributed by atoms with E-state index in [9.17, 15) is 15.0 Å². The Morgan fingerprint density at radius 1 is 1.32 bits per heavy atom. The van der Waals surface area contributed by atoms with Crippen LogP contribution in [0.5, 0.6) is 0 Å². The highest BCUT2D eigenvalue weighted by Gasteiger charge is 2.53. The van der Waals surface area contributed by atoms with Crippen molar-refractivity contribution in [2.75, 3.05) is 6.61 Å². The van der Waals surface area contributed by atoms with Crippen LogP contribution in [0.4, 0.5) is 0 Å². The zero-order valence-corrected chi connectivity index (χ0v) is 15.7. The van der Waals surface area contributed by atoms with Gasteiger partial charge in [0.1, 0.15) is 0 Å². The number of carbonyl (C=O) groups excluding carboxylic acids is 1. The Labute approximate surface area is 149 Å². The number of aliphatic hydroxyl groups is 2. The van der Waals surface area contributed by atoms with E-state index in [0.717, 1.165) is 19.3 Å². The summed E-state index contributed by atoms with van der Waals surface area (Å²) in [6.07, 6.45) is 4.58. The maximum atomic E-state index is 12.4. The van der Waals surface area contributed by atoms with E-state index in [2.05, 4.69) is 26.8 Å². The molecule has 2 N–H and O–H groups in total. The second kappa shape index (κ2) is 6.53. The van der Waals surface area contributed by atoms with Crippen molar-refractivity contribution in [2.24, 2.45) is 11.3 Å². The summed E-state index contributed by atoms with van der Waals surface area (Å²) in [5, 5.41) is 20.3. The Hall–Kier alpha value is -1.17. The van der Waals surface area contributed by atoms with Crippen LogP contribution in [0.1, 0.15) is 59.8 Å². The lowest BCUT2D eigenvalue weighted by atomic mass is 9.61. The molecule has 5 atom stereocenters. The van der Waals surface area contributed by atoms with Gasteiger partial charge in [0.25, 0.3) is 0 Å². The van der Waals surface area contributed by atoms with Gasteiger partial charge in [0, 0.05) is 5.57 Å². The largest absolute Gasteiger partial charge is 0.428 e. The Morgan fingerprint density at radius 2 is 2.04 bits per heavy atom. The second-order valence-corrected chi connectivity index (χ2v) is 8.44. The summed E-state index contributed by atoms with van der Waals surface area (Å²) in [6.45, 7) is 8.17. The molecule has 0 unspecified atom stereocenters. The zero-order chi connectivity index (χ0) is 18.4. The van der Waals surface area contributed by atoms with Gasteiger partial charge in [-0.3, -0.25) is 0 Å². The van der Waals surface area contributed by atoms with E-state index in [0.29, 0.717) is 24.0 Å². The summed E-state index contributed by atoms with van der Waals surface area (Å²) in [4.78, 5) is 12.4. The van der Waals surface area contributed by atoms with Crippen LogP contribution in [0.25, 0.3) is 0 Å². The van der Waals surface area contributed by atoms with E-state index in [1.54, 1.807) is 0 Å². The number of cyclic esters (lactones) is 1. The highest BCUT2D eigenvalue weighted by Crippen LogP contribution is 2.53. The van der Waals surface area contributed by atoms with Crippen molar-refractivity contribution in [3.8, 4) is 0 Å². The maximum absolute atomic E-state index is 12.4. The molecule has 4 aliphatic rings. The summed E-state index contributed by atoms with van der Waals surface area (Å²) in [5.41, 5.74) is 1.44. The number of fused-ring (bicyclic) bond motifs is 7. The number of allylic oxidation sites excluding steroid dienone is 2. The van der Waals surface area contributed by atoms with Crippen molar-refractivity contribution >= 4 is 5.97 Å². The van der Waals surface area contributed by atoms with Crippen molar-refractivity contribution in [1.29, 1.82) is 0 Å². The number of aliphatic hydroxyl groups excluding tert-OH is 2. The van der Waals surface area contributed by atoms with Gasteiger partial charge >= 0.3 is 5.97 Å². The van der Waals surface area contributed by atoms with E-state index >= 15 is 0 Å². The number of hydrogen-bond donors (Lipinski definition) is 2. The van der Waals surface area contributed by atoms with Gasteiger partial charge < -0.3 is 19.7 Å². The van der Waals surface area contributed by atoms with Gasteiger partial charge in [-0.25, -0.2) is 4.79 Å². The molecule has 5 nitrogen and oxygen atoms in total. The fourth-order valence-electron chi connectivity index (χ4n) is 4.52. The van der Waals surface area contributed by atoms with E-state index in [1.165, 1.54) is 5.57 Å². The quantitative estimate of drug-likeness (QED) is 0.562. The molecular formula is C20H30O5. The summed E-state index contributed by atoms with van der Waals surface area (Å²) < 4.78 is 11.5. The van der Waals surface area contributed by atoms with Crippen LogP contribution in [0.15, 0.2) is 22.8 Å². The van der Waals surface area contributed by atoms with Gasteiger partial charge in [0.2, 0.25) is 6.29 Å². The molecule has 5 heteroatoms. The van der Waals surface area contributed by atoms with Crippen molar-refractivity contribution in [3.05, 3.63) is 22.8 Å². The molecule has 0 radical (unpaired) electrons. The lowest BCUT2D eigenvalue weighted by molar-refractivity contribution is -0.154. The van der Waals surface area contributed by atoms with Gasteiger partial charge in [-0.1, -0.05) is 25.5 Å². The standard InChI is InChI=1S/C20H30O5/c1-12-6-5-8-19(3,11-21)25-14-10-13(2)20(4,9-7-12)16-15(14)17(22)24-18(16)23/h6,13-14,18,21,23H,5,7-11H2,1-4H3/b12-6+/t13-,14-,18+,19+,20+/m1/s1. The van der Waals surface area contributed by atoms with Crippen LogP contribution in [0.3, 0.4) is 0 Å². The van der Waals surface area contributed by atoms with E-state index < -0.39 is 24.0 Å². The molecule has 140 valence electrons. The van der Waals surface area contributed by atoms with Crippen molar-refractivity contribution < 1.29 is 24.5 Å². The minimum absolute atomic E-state index is 0.109. The number of hydrogen-bond acceptors (Lipinski definition) is 5. The molecule has 2 bridgehead atoms. The molecule has 0 amide bonds. The minimum Gasteiger partial charge on any atom is -0.428 e. The van der Waals surface area contributed by atoms with Crippen LogP contribution in [-0.2, 0) is 14.3 Å². The molecule has 0 aromatic rings. The summed E-state index contributed by atoms with van der Waals surface area (Å²) >= 11 is 0. The predicted octanol–water partition coefficient (Wildman–Crippen LogP) is 2.86. The first kappa shape index (κ1) is 18.6. The molecule has 25 heavy (non-hydrogen) atoms. The van der Waals surface area contributed by atoms with Gasteiger partial charge in [-0.15, -0.1) is 0 Å². The molecule has 0 aromatic heterocycles. The first-order chi connectivity index (χ1) is 11.7. The summed E-state index contributed by atoms with van der Waals surface area (Å²) in [6, 6.07) is 0. The number of rotatable bonds is 1. The molecule has 0 fully saturated rings. The smallest absolute Gasteiger partial charge is 0.339 e. The van der Waals surface area contributed by atoms with Gasteiger partial charge in [0.05, 0.1) is 23.9 Å². The minimum atomic E-state index is -1.19. The SMILES string of the molecule is C/C1=C\CC[C@@](C)(CO)O[C@@H]2C[C@@H](C)[C@](C)(CC1)C1=C2C(=O)O[C@@H]1O. The first-order valence-electron chi connectivity index (χ1n) is 9.28. The predicted molar refractivity (Wildman–Crippen MR) is 93.6 cm³/mol. The third-order valence-corrected chi connectivity index (χ3v) is 6.53. The lowest BCUT2D eigenvalue weighted by Crippen LogP contribution is -2.45. The molecule has 3 aliphatic heterocycles. The van der Waals surface area contributed by atoms with E-state index in [-0.39, 0.29) is 17.9 Å². The Bertz CT molecular complexity index is 622. The summed E-state index contributed by atoms with van der Waals surface area (Å²) in [7, 11) is 0. The second-order valence-electron chi connectivity index (χ2n) is 8.44. The zero-order valence-electron chi connectivity index (χ0n) is 15.7. The normalized spacial score (nSPS) is 44.5. The van der Waals surface area contributed by atoms with Gasteiger partial charge in [-0.2, -0.15) is 0 Å². The average molecular weight is 350 g/mol. The average Bonchev–Trinajstić information content (AvgIpc) is 2.85. The number of esters is 1. The number of carbonyl (C=O) groups is 1. The first-order valence-corrected chi connectivity index (χ1v) is 9.28. The van der Waals surface area contributed by atoms with Crippen LogP contribution in [0.2, 0.25) is 0 Å². The lowest BCUT2D eigenvalue weighted by Gasteiger charge is -2.45. The van der Waals surface area contributed by atoms with Gasteiger partial charge in [0.15, 0.2) is 0 Å².